The maximum Gasteiger partial charge on any atom is 0.334 e. The van der Waals surface area contributed by atoms with Crippen molar-refractivity contribution in [3.05, 3.63) is 73.8 Å². The topological polar surface area (TPSA) is 152 Å². The monoisotopic (exact) mass is 507 g/mol. The molecule has 0 saturated heterocycles. The number of halogens is 1. The zero-order valence-corrected chi connectivity index (χ0v) is 19.0. The van der Waals surface area contributed by atoms with Gasteiger partial charge in [-0.3, -0.25) is 4.79 Å². The number of carbonyl (C=O) groups is 1. The van der Waals surface area contributed by atoms with Gasteiger partial charge in [0.05, 0.1) is 34.2 Å². The number of ether oxygens (including phenoxy) is 1. The molecule has 4 rings (SSSR count). The van der Waals surface area contributed by atoms with Crippen LogP contribution in [0, 0.1) is 0 Å². The molecule has 3 heterocycles. The molecule has 0 atom stereocenters. The van der Waals surface area contributed by atoms with Crippen LogP contribution >= 0.6 is 22.9 Å². The maximum absolute atomic E-state index is 12.8. The van der Waals surface area contributed by atoms with E-state index in [2.05, 4.69) is 15.3 Å². The normalized spacial score (nSPS) is 11.3. The highest BCUT2D eigenvalue weighted by Crippen LogP contribution is 2.25. The molecule has 170 valence electrons. The summed E-state index contributed by atoms with van der Waals surface area (Å²) in [5.74, 6) is 0.483. The number of sulfonamides is 1. The standard InChI is InChI=1S/C19H14ClN5O6S2/c1-31-11-3-4-12-13(8-11)23-19(28)25(17(12)26)15-6-2-10(9-21-15)22-18(27)24-33(29,30)16-7-5-14(20)32-16/h2-9H,1H3,(H,23,28)(H2,22,24,27). The van der Waals surface area contributed by atoms with Crippen LogP contribution in [0.5, 0.6) is 5.75 Å². The Morgan fingerprint density at radius 2 is 1.97 bits per heavy atom. The van der Waals surface area contributed by atoms with Gasteiger partial charge >= 0.3 is 11.7 Å². The number of amides is 2. The number of hydrogen-bond acceptors (Lipinski definition) is 8. The first-order chi connectivity index (χ1) is 15.7. The predicted octanol–water partition coefficient (Wildman–Crippen LogP) is 2.31. The van der Waals surface area contributed by atoms with Crippen LogP contribution in [0.25, 0.3) is 16.7 Å². The average molecular weight is 508 g/mol. The molecule has 4 aromatic rings. The number of thiophene rings is 1. The van der Waals surface area contributed by atoms with E-state index >= 15 is 0 Å². The first-order valence-corrected chi connectivity index (χ1v) is 11.7. The lowest BCUT2D eigenvalue weighted by molar-refractivity contribution is 0.256. The molecule has 33 heavy (non-hydrogen) atoms. The number of anilines is 1. The summed E-state index contributed by atoms with van der Waals surface area (Å²) >= 11 is 6.53. The van der Waals surface area contributed by atoms with Crippen molar-refractivity contribution >= 4 is 55.6 Å². The van der Waals surface area contributed by atoms with Gasteiger partial charge in [0.15, 0.2) is 0 Å². The largest absolute Gasteiger partial charge is 0.497 e. The van der Waals surface area contributed by atoms with E-state index in [0.717, 1.165) is 15.9 Å². The Hall–Kier alpha value is -3.68. The third-order valence-corrected chi connectivity index (χ3v) is 7.43. The van der Waals surface area contributed by atoms with E-state index < -0.39 is 27.3 Å². The third-order valence-electron chi connectivity index (χ3n) is 4.38. The fourth-order valence-corrected chi connectivity index (χ4v) is 5.29. The summed E-state index contributed by atoms with van der Waals surface area (Å²) in [6, 6.07) is 8.97. The molecule has 2 amide bonds. The van der Waals surface area contributed by atoms with Gasteiger partial charge in [-0.25, -0.2) is 32.3 Å². The number of aromatic nitrogens is 3. The average Bonchev–Trinajstić information content (AvgIpc) is 3.21. The summed E-state index contributed by atoms with van der Waals surface area (Å²) < 4.78 is 32.3. The maximum atomic E-state index is 12.8. The van der Waals surface area contributed by atoms with Crippen LogP contribution < -0.4 is 26.0 Å². The molecule has 0 radical (unpaired) electrons. The third kappa shape index (κ3) is 4.60. The van der Waals surface area contributed by atoms with Crippen LogP contribution in [0.3, 0.4) is 0 Å². The van der Waals surface area contributed by atoms with Gasteiger partial charge in [0, 0.05) is 6.07 Å². The van der Waals surface area contributed by atoms with Gasteiger partial charge in [-0.1, -0.05) is 11.6 Å². The second-order valence-electron chi connectivity index (χ2n) is 6.51. The molecule has 0 unspecified atom stereocenters. The van der Waals surface area contributed by atoms with Crippen molar-refractivity contribution in [2.24, 2.45) is 0 Å². The van der Waals surface area contributed by atoms with Crippen LogP contribution in [0.2, 0.25) is 4.34 Å². The minimum absolute atomic E-state index is 0.00535. The molecule has 0 spiro atoms. The van der Waals surface area contributed by atoms with Gasteiger partial charge in [0.1, 0.15) is 15.8 Å². The number of fused-ring (bicyclic) bond motifs is 1. The number of hydrogen-bond donors (Lipinski definition) is 3. The fourth-order valence-electron chi connectivity index (χ4n) is 2.90. The molecule has 0 bridgehead atoms. The summed E-state index contributed by atoms with van der Waals surface area (Å²) in [5.41, 5.74) is -0.870. The summed E-state index contributed by atoms with van der Waals surface area (Å²) in [7, 11) is -2.63. The second-order valence-corrected chi connectivity index (χ2v) is 10.1. The van der Waals surface area contributed by atoms with E-state index in [4.69, 9.17) is 16.3 Å². The number of nitrogens with zero attached hydrogens (tertiary/aromatic N) is 2. The summed E-state index contributed by atoms with van der Waals surface area (Å²) in [6.45, 7) is 0. The van der Waals surface area contributed by atoms with Gasteiger partial charge in [-0.15, -0.1) is 11.3 Å². The zero-order chi connectivity index (χ0) is 23.8. The molecular weight excluding hydrogens is 494 g/mol. The minimum atomic E-state index is -4.10. The predicted molar refractivity (Wildman–Crippen MR) is 123 cm³/mol. The Kier molecular flexibility index (Phi) is 5.93. The van der Waals surface area contributed by atoms with Crippen LogP contribution in [0.4, 0.5) is 10.5 Å². The number of rotatable bonds is 5. The second kappa shape index (κ2) is 8.69. The Morgan fingerprint density at radius 1 is 1.18 bits per heavy atom. The van der Waals surface area contributed by atoms with Crippen molar-refractivity contribution < 1.29 is 17.9 Å². The Balaban J connectivity index is 1.56. The van der Waals surface area contributed by atoms with E-state index in [1.807, 2.05) is 4.72 Å². The smallest absolute Gasteiger partial charge is 0.334 e. The molecule has 0 fully saturated rings. The van der Waals surface area contributed by atoms with Crippen molar-refractivity contribution in [3.8, 4) is 11.6 Å². The number of urea groups is 1. The summed E-state index contributed by atoms with van der Waals surface area (Å²) in [4.78, 5) is 44.0. The number of carbonyl (C=O) groups excluding carboxylic acids is 1. The van der Waals surface area contributed by atoms with E-state index in [9.17, 15) is 22.8 Å². The van der Waals surface area contributed by atoms with Crippen molar-refractivity contribution in [1.82, 2.24) is 19.3 Å². The van der Waals surface area contributed by atoms with Gasteiger partial charge in [-0.2, -0.15) is 0 Å². The van der Waals surface area contributed by atoms with Crippen molar-refractivity contribution in [1.29, 1.82) is 0 Å². The van der Waals surface area contributed by atoms with Gasteiger partial charge in [0.25, 0.3) is 15.6 Å². The quantitative estimate of drug-likeness (QED) is 0.374. The molecule has 0 aliphatic carbocycles. The minimum Gasteiger partial charge on any atom is -0.497 e. The highest BCUT2D eigenvalue weighted by atomic mass is 35.5. The van der Waals surface area contributed by atoms with Crippen molar-refractivity contribution in [2.45, 2.75) is 4.21 Å². The number of benzene rings is 1. The molecule has 0 aliphatic rings. The lowest BCUT2D eigenvalue weighted by Crippen LogP contribution is -2.35. The Morgan fingerprint density at radius 3 is 2.61 bits per heavy atom. The number of aromatic amines is 1. The van der Waals surface area contributed by atoms with Gasteiger partial charge in [-0.05, 0) is 36.4 Å². The Bertz CT molecular complexity index is 1590. The van der Waals surface area contributed by atoms with Crippen molar-refractivity contribution in [3.63, 3.8) is 0 Å². The molecule has 11 nitrogen and oxygen atoms in total. The van der Waals surface area contributed by atoms with Gasteiger partial charge < -0.3 is 15.0 Å². The number of nitrogens with one attached hydrogen (secondary N) is 3. The van der Waals surface area contributed by atoms with Crippen molar-refractivity contribution in [2.75, 3.05) is 12.4 Å². The molecule has 1 aromatic carbocycles. The molecule has 14 heteroatoms. The number of methoxy groups -OCH3 is 1. The van der Waals surface area contributed by atoms with Gasteiger partial charge in [0.2, 0.25) is 0 Å². The summed E-state index contributed by atoms with van der Waals surface area (Å²) in [6.07, 6.45) is 1.17. The number of H-pyrrole nitrogens is 1. The van der Waals surface area contributed by atoms with E-state index in [1.54, 1.807) is 6.07 Å². The van der Waals surface area contributed by atoms with Crippen LogP contribution in [0.15, 0.2) is 62.5 Å². The molecule has 0 saturated carbocycles. The van der Waals surface area contributed by atoms with E-state index in [1.165, 1.54) is 49.7 Å². The highest BCUT2D eigenvalue weighted by molar-refractivity contribution is 7.92. The van der Waals surface area contributed by atoms with Crippen LogP contribution in [-0.4, -0.2) is 36.1 Å². The molecular formula is C19H14ClN5O6S2. The zero-order valence-electron chi connectivity index (χ0n) is 16.7. The first-order valence-electron chi connectivity index (χ1n) is 9.06. The number of pyridine rings is 1. The lowest BCUT2D eigenvalue weighted by Gasteiger charge is -2.09. The molecule has 0 aliphatic heterocycles. The molecule has 3 N–H and O–H groups in total. The summed E-state index contributed by atoms with van der Waals surface area (Å²) in [5, 5.41) is 2.57. The Labute approximate surface area is 194 Å². The lowest BCUT2D eigenvalue weighted by atomic mass is 10.2. The highest BCUT2D eigenvalue weighted by Gasteiger charge is 2.20. The fraction of sp³-hybridized carbons (Fsp3) is 0.0526. The molecule has 3 aromatic heterocycles. The van der Waals surface area contributed by atoms with E-state index in [0.29, 0.717) is 11.3 Å². The van der Waals surface area contributed by atoms with Crippen LogP contribution in [-0.2, 0) is 10.0 Å². The first kappa shape index (κ1) is 22.5. The van der Waals surface area contributed by atoms with E-state index in [-0.39, 0.29) is 25.4 Å². The SMILES string of the molecule is COc1ccc2c(=O)n(-c3ccc(NC(=O)NS(=O)(=O)c4ccc(Cl)s4)cn3)c(=O)[nH]c2c1. The van der Waals surface area contributed by atoms with Crippen LogP contribution in [0.1, 0.15) is 0 Å².